The molecule has 188 valence electrons. The molecule has 6 heteroatoms. The lowest BCUT2D eigenvalue weighted by Gasteiger charge is -2.33. The summed E-state index contributed by atoms with van der Waals surface area (Å²) < 4.78 is 5.75. The zero-order valence-corrected chi connectivity index (χ0v) is 22.1. The van der Waals surface area contributed by atoms with E-state index in [2.05, 4.69) is 24.3 Å². The number of carbonyl (C=O) groups is 2. The van der Waals surface area contributed by atoms with Crippen LogP contribution in [0.1, 0.15) is 63.5 Å². The third-order valence-corrected chi connectivity index (χ3v) is 7.75. The van der Waals surface area contributed by atoms with E-state index in [1.54, 1.807) is 0 Å². The second kappa shape index (κ2) is 11.5. The number of para-hydroxylation sites is 1. The topological polar surface area (TPSA) is 49.9 Å². The Morgan fingerprint density at radius 2 is 1.63 bits per heavy atom. The van der Waals surface area contributed by atoms with Gasteiger partial charge >= 0.3 is 12.0 Å². The summed E-state index contributed by atoms with van der Waals surface area (Å²) in [6, 6.07) is 18.5. The van der Waals surface area contributed by atoms with Gasteiger partial charge in [-0.15, -0.1) is 0 Å². The minimum atomic E-state index is -0.469. The van der Waals surface area contributed by atoms with Gasteiger partial charge in [-0.25, -0.2) is 4.79 Å². The summed E-state index contributed by atoms with van der Waals surface area (Å²) in [5, 5.41) is 0. The minimum absolute atomic E-state index is 0.0675. The highest BCUT2D eigenvalue weighted by Gasteiger charge is 2.35. The number of rotatable bonds is 5. The third-order valence-electron chi connectivity index (χ3n) is 6.80. The first kappa shape index (κ1) is 25.6. The van der Waals surface area contributed by atoms with E-state index in [0.29, 0.717) is 6.54 Å². The fourth-order valence-corrected chi connectivity index (χ4v) is 5.95. The third kappa shape index (κ3) is 6.81. The van der Waals surface area contributed by atoms with Crippen LogP contribution < -0.4 is 4.90 Å². The number of anilines is 1. The molecular weight excluding hydrogens is 456 g/mol. The Labute approximate surface area is 214 Å². The van der Waals surface area contributed by atoms with Gasteiger partial charge in [-0.1, -0.05) is 55.3 Å². The molecule has 0 radical (unpaired) electrons. The Bertz CT molecular complexity index is 981. The summed E-state index contributed by atoms with van der Waals surface area (Å²) in [5.41, 5.74) is 2.72. The predicted octanol–water partition coefficient (Wildman–Crippen LogP) is 6.48. The molecular formula is C29H38N2O3S. The number of esters is 1. The number of nitrogens with zero attached hydrogens (tertiary/aromatic N) is 2. The lowest BCUT2D eigenvalue weighted by Crippen LogP contribution is -2.46. The van der Waals surface area contributed by atoms with Crippen molar-refractivity contribution in [3.63, 3.8) is 0 Å². The SMILES string of the molecule is CC(C)(C)OC(=O)[C@H]1CCCC[C@@H]1c1ccc(CN(C(=O)N2CCSCC2)c2ccccc2)cc1. The maximum absolute atomic E-state index is 13.4. The Hall–Kier alpha value is -2.47. The molecule has 2 aliphatic rings. The van der Waals surface area contributed by atoms with E-state index in [9.17, 15) is 9.59 Å². The maximum atomic E-state index is 13.4. The molecule has 1 saturated heterocycles. The summed E-state index contributed by atoms with van der Waals surface area (Å²) in [6.07, 6.45) is 4.09. The van der Waals surface area contributed by atoms with Gasteiger partial charge in [0.15, 0.2) is 0 Å². The van der Waals surface area contributed by atoms with E-state index in [0.717, 1.165) is 61.5 Å². The zero-order valence-electron chi connectivity index (χ0n) is 21.2. The van der Waals surface area contributed by atoms with Gasteiger partial charge in [-0.2, -0.15) is 11.8 Å². The highest BCUT2D eigenvalue weighted by atomic mass is 32.2. The Balaban J connectivity index is 1.51. The molecule has 1 saturated carbocycles. The Morgan fingerprint density at radius 3 is 2.29 bits per heavy atom. The standard InChI is InChI=1S/C29H38N2O3S/c1-29(2,3)34-27(32)26-12-8-7-11-25(26)23-15-13-22(14-16-23)21-31(24-9-5-4-6-10-24)28(33)30-17-19-35-20-18-30/h4-6,9-10,13-16,25-26H,7-8,11-12,17-21H2,1-3H3/t25-,26+/m1/s1. The summed E-state index contributed by atoms with van der Waals surface area (Å²) >= 11 is 1.90. The van der Waals surface area contributed by atoms with Crippen molar-refractivity contribution in [1.82, 2.24) is 4.90 Å². The molecule has 0 spiro atoms. The summed E-state index contributed by atoms with van der Waals surface area (Å²) in [7, 11) is 0. The molecule has 2 aromatic carbocycles. The number of hydrogen-bond donors (Lipinski definition) is 0. The van der Waals surface area contributed by atoms with Crippen molar-refractivity contribution >= 4 is 29.4 Å². The largest absolute Gasteiger partial charge is 0.460 e. The van der Waals surface area contributed by atoms with Crippen molar-refractivity contribution in [3.8, 4) is 0 Å². The number of benzene rings is 2. The van der Waals surface area contributed by atoms with E-state index >= 15 is 0 Å². The second-order valence-electron chi connectivity index (χ2n) is 10.6. The first-order chi connectivity index (χ1) is 16.8. The molecule has 0 unspecified atom stereocenters. The van der Waals surface area contributed by atoms with Gasteiger partial charge in [0.1, 0.15) is 5.60 Å². The Kier molecular flexibility index (Phi) is 8.42. The fourth-order valence-electron chi connectivity index (χ4n) is 5.04. The normalized spacial score (nSPS) is 20.8. The van der Waals surface area contributed by atoms with Gasteiger partial charge in [-0.3, -0.25) is 9.69 Å². The van der Waals surface area contributed by atoms with E-state index < -0.39 is 5.60 Å². The van der Waals surface area contributed by atoms with Crippen LogP contribution in [0.3, 0.4) is 0 Å². The molecule has 35 heavy (non-hydrogen) atoms. The molecule has 1 heterocycles. The first-order valence-corrected chi connectivity index (χ1v) is 14.0. The average Bonchev–Trinajstić information content (AvgIpc) is 2.87. The highest BCUT2D eigenvalue weighted by molar-refractivity contribution is 7.99. The number of thioether (sulfide) groups is 1. The molecule has 0 N–H and O–H groups in total. The second-order valence-corrected chi connectivity index (χ2v) is 11.8. The molecule has 4 rings (SSSR count). The molecule has 2 fully saturated rings. The lowest BCUT2D eigenvalue weighted by atomic mass is 9.75. The molecule has 1 aliphatic heterocycles. The average molecular weight is 495 g/mol. The maximum Gasteiger partial charge on any atom is 0.324 e. The Morgan fingerprint density at radius 1 is 0.971 bits per heavy atom. The molecule has 1 aliphatic carbocycles. The van der Waals surface area contributed by atoms with Gasteiger partial charge in [0.25, 0.3) is 0 Å². The van der Waals surface area contributed by atoms with E-state index in [4.69, 9.17) is 4.74 Å². The summed E-state index contributed by atoms with van der Waals surface area (Å²) in [4.78, 5) is 30.2. The zero-order chi connectivity index (χ0) is 24.8. The van der Waals surface area contributed by atoms with Crippen molar-refractivity contribution in [1.29, 1.82) is 0 Å². The number of ether oxygens (including phenoxy) is 1. The summed E-state index contributed by atoms with van der Waals surface area (Å²) in [6.45, 7) is 7.89. The van der Waals surface area contributed by atoms with Crippen LogP contribution in [-0.2, 0) is 16.1 Å². The van der Waals surface area contributed by atoms with Crippen LogP contribution in [0.2, 0.25) is 0 Å². The van der Waals surface area contributed by atoms with Crippen LogP contribution in [0.4, 0.5) is 10.5 Å². The van der Waals surface area contributed by atoms with Crippen LogP contribution in [0.15, 0.2) is 54.6 Å². The molecule has 2 amide bonds. The number of amides is 2. The summed E-state index contributed by atoms with van der Waals surface area (Å²) in [5.74, 6) is 2.00. The molecule has 2 aromatic rings. The van der Waals surface area contributed by atoms with Crippen molar-refractivity contribution in [2.45, 2.75) is 64.5 Å². The molecule has 0 bridgehead atoms. The quantitative estimate of drug-likeness (QED) is 0.447. The number of carbonyl (C=O) groups excluding carboxylic acids is 2. The lowest BCUT2D eigenvalue weighted by molar-refractivity contribution is -0.161. The fraction of sp³-hybridized carbons (Fsp3) is 0.517. The molecule has 0 aromatic heterocycles. The first-order valence-electron chi connectivity index (χ1n) is 12.8. The van der Waals surface area contributed by atoms with Crippen molar-refractivity contribution in [2.24, 2.45) is 5.92 Å². The van der Waals surface area contributed by atoms with E-state index in [1.165, 1.54) is 5.56 Å². The van der Waals surface area contributed by atoms with Gasteiger partial charge < -0.3 is 9.64 Å². The van der Waals surface area contributed by atoms with Gasteiger partial charge in [0, 0.05) is 30.3 Å². The van der Waals surface area contributed by atoms with Gasteiger partial charge in [0.05, 0.1) is 12.5 Å². The van der Waals surface area contributed by atoms with E-state index in [1.807, 2.05) is 72.7 Å². The predicted molar refractivity (Wildman–Crippen MR) is 144 cm³/mol. The van der Waals surface area contributed by atoms with Crippen molar-refractivity contribution < 1.29 is 14.3 Å². The smallest absolute Gasteiger partial charge is 0.324 e. The van der Waals surface area contributed by atoms with Gasteiger partial charge in [0.2, 0.25) is 0 Å². The minimum Gasteiger partial charge on any atom is -0.460 e. The van der Waals surface area contributed by atoms with Gasteiger partial charge in [-0.05, 0) is 62.8 Å². The molecule has 5 nitrogen and oxygen atoms in total. The monoisotopic (exact) mass is 494 g/mol. The highest BCUT2D eigenvalue weighted by Crippen LogP contribution is 2.39. The van der Waals surface area contributed by atoms with Crippen LogP contribution in [0, 0.1) is 5.92 Å². The number of urea groups is 1. The number of hydrogen-bond acceptors (Lipinski definition) is 4. The van der Waals surface area contributed by atoms with Crippen LogP contribution >= 0.6 is 11.8 Å². The van der Waals surface area contributed by atoms with E-state index in [-0.39, 0.29) is 23.8 Å². The van der Waals surface area contributed by atoms with Crippen LogP contribution in [-0.4, -0.2) is 47.1 Å². The van der Waals surface area contributed by atoms with Crippen molar-refractivity contribution in [3.05, 3.63) is 65.7 Å². The van der Waals surface area contributed by atoms with Crippen LogP contribution in [0.5, 0.6) is 0 Å². The van der Waals surface area contributed by atoms with Crippen molar-refractivity contribution in [2.75, 3.05) is 29.5 Å². The molecule has 2 atom stereocenters. The van der Waals surface area contributed by atoms with Crippen LogP contribution in [0.25, 0.3) is 0 Å².